The molecule has 0 aliphatic heterocycles. The molecule has 2 rings (SSSR count). The highest BCUT2D eigenvalue weighted by Crippen LogP contribution is 2.32. The molecule has 0 saturated carbocycles. The van der Waals surface area contributed by atoms with Crippen LogP contribution < -0.4 is 4.74 Å². The molecule has 2 heterocycles. The highest BCUT2D eigenvalue weighted by atomic mass is 19.4. The van der Waals surface area contributed by atoms with Crippen molar-refractivity contribution in [1.82, 2.24) is 9.97 Å². The van der Waals surface area contributed by atoms with Crippen LogP contribution in [0.2, 0.25) is 0 Å². The number of hydrogen-bond acceptors (Lipinski definition) is 3. The van der Waals surface area contributed by atoms with Crippen molar-refractivity contribution in [2.24, 2.45) is 0 Å². The summed E-state index contributed by atoms with van der Waals surface area (Å²) in [6.07, 6.45) is -7.73. The summed E-state index contributed by atoms with van der Waals surface area (Å²) in [5, 5.41) is 0. The van der Waals surface area contributed by atoms with E-state index in [1.165, 1.54) is 0 Å². The minimum Gasteiger partial charge on any atom is -0.437 e. The minimum atomic E-state index is -4.63. The van der Waals surface area contributed by atoms with Crippen LogP contribution in [-0.4, -0.2) is 9.97 Å². The van der Waals surface area contributed by atoms with Gasteiger partial charge in [-0.1, -0.05) is 0 Å². The summed E-state index contributed by atoms with van der Waals surface area (Å²) in [7, 11) is 0. The van der Waals surface area contributed by atoms with E-state index >= 15 is 0 Å². The Morgan fingerprint density at radius 3 is 2.19 bits per heavy atom. The Labute approximate surface area is 114 Å². The Bertz CT molecular complexity index is 621. The molecule has 0 fully saturated rings. The second kappa shape index (κ2) is 5.23. The molecule has 0 N–H and O–H groups in total. The standard InChI is InChI=1S/C12H5F6N2O/c13-11(14,15)7-3-4-19-10(5-7)21-8-1-2-9(20-6-8)12(16,17)18/h1-2,4-6H. The van der Waals surface area contributed by atoms with Gasteiger partial charge in [0.1, 0.15) is 11.4 Å². The molecule has 3 nitrogen and oxygen atoms in total. The van der Waals surface area contributed by atoms with Crippen LogP contribution in [0.4, 0.5) is 26.3 Å². The smallest absolute Gasteiger partial charge is 0.433 e. The molecule has 0 aliphatic carbocycles. The molecule has 21 heavy (non-hydrogen) atoms. The van der Waals surface area contributed by atoms with E-state index in [9.17, 15) is 26.3 Å². The number of alkyl halides is 6. The summed E-state index contributed by atoms with van der Waals surface area (Å²) < 4.78 is 79.1. The highest BCUT2D eigenvalue weighted by Gasteiger charge is 2.32. The molecule has 0 unspecified atom stereocenters. The second-order valence-electron chi connectivity index (χ2n) is 3.78. The molecule has 0 aliphatic rings. The first kappa shape index (κ1) is 15.1. The summed E-state index contributed by atoms with van der Waals surface area (Å²) in [6, 6.07) is 4.04. The lowest BCUT2D eigenvalue weighted by atomic mass is 10.2. The first-order chi connectivity index (χ1) is 9.66. The van der Waals surface area contributed by atoms with Crippen molar-refractivity contribution in [2.75, 3.05) is 0 Å². The molecule has 0 spiro atoms. The molecule has 111 valence electrons. The lowest BCUT2D eigenvalue weighted by Crippen LogP contribution is -2.07. The third-order valence-electron chi connectivity index (χ3n) is 2.23. The van der Waals surface area contributed by atoms with E-state index in [2.05, 4.69) is 9.97 Å². The number of halogens is 6. The van der Waals surface area contributed by atoms with Gasteiger partial charge in [-0.05, 0) is 12.1 Å². The largest absolute Gasteiger partial charge is 0.437 e. The fourth-order valence-electron chi connectivity index (χ4n) is 1.32. The molecule has 9 heteroatoms. The van der Waals surface area contributed by atoms with E-state index < -0.39 is 29.5 Å². The van der Waals surface area contributed by atoms with E-state index in [1.807, 2.05) is 6.07 Å². The quantitative estimate of drug-likeness (QED) is 0.783. The molecule has 2 aromatic rings. The van der Waals surface area contributed by atoms with Gasteiger partial charge in [-0.3, -0.25) is 0 Å². The maximum atomic E-state index is 12.4. The minimum absolute atomic E-state index is 0.171. The van der Waals surface area contributed by atoms with Crippen LogP contribution in [0.3, 0.4) is 0 Å². The zero-order valence-electron chi connectivity index (χ0n) is 9.96. The predicted octanol–water partition coefficient (Wildman–Crippen LogP) is 4.11. The lowest BCUT2D eigenvalue weighted by molar-refractivity contribution is -0.141. The maximum Gasteiger partial charge on any atom is 0.433 e. The Hall–Kier alpha value is -2.32. The van der Waals surface area contributed by atoms with Gasteiger partial charge in [0.25, 0.3) is 0 Å². The van der Waals surface area contributed by atoms with Gasteiger partial charge in [0.05, 0.1) is 11.8 Å². The molecule has 0 saturated heterocycles. The van der Waals surface area contributed by atoms with Gasteiger partial charge in [0.15, 0.2) is 0 Å². The Morgan fingerprint density at radius 1 is 0.952 bits per heavy atom. The van der Waals surface area contributed by atoms with Crippen LogP contribution in [0.5, 0.6) is 11.6 Å². The number of nitrogens with zero attached hydrogens (tertiary/aromatic N) is 2. The lowest BCUT2D eigenvalue weighted by Gasteiger charge is -2.09. The van der Waals surface area contributed by atoms with E-state index in [0.717, 1.165) is 18.5 Å². The monoisotopic (exact) mass is 307 g/mol. The molecule has 0 amide bonds. The number of hydrogen-bond donors (Lipinski definition) is 0. The van der Waals surface area contributed by atoms with E-state index in [0.29, 0.717) is 12.1 Å². The van der Waals surface area contributed by atoms with Crippen molar-refractivity contribution in [3.63, 3.8) is 0 Å². The normalized spacial score (nSPS) is 12.3. The fourth-order valence-corrected chi connectivity index (χ4v) is 1.32. The topological polar surface area (TPSA) is 35.0 Å². The number of pyridine rings is 2. The zero-order valence-corrected chi connectivity index (χ0v) is 9.96. The van der Waals surface area contributed by atoms with Crippen LogP contribution >= 0.6 is 0 Å². The molecule has 0 aromatic carbocycles. The number of aromatic nitrogens is 2. The van der Waals surface area contributed by atoms with Gasteiger partial charge < -0.3 is 4.74 Å². The average Bonchev–Trinajstić information content (AvgIpc) is 2.37. The summed E-state index contributed by atoms with van der Waals surface area (Å²) >= 11 is 0. The highest BCUT2D eigenvalue weighted by molar-refractivity contribution is 5.28. The van der Waals surface area contributed by atoms with E-state index in [4.69, 9.17) is 4.74 Å². The first-order valence-electron chi connectivity index (χ1n) is 5.32. The van der Waals surface area contributed by atoms with Crippen molar-refractivity contribution in [3.8, 4) is 11.6 Å². The third kappa shape index (κ3) is 3.83. The van der Waals surface area contributed by atoms with Gasteiger partial charge >= 0.3 is 12.4 Å². The van der Waals surface area contributed by atoms with Crippen LogP contribution in [0.1, 0.15) is 11.3 Å². The average molecular weight is 307 g/mol. The summed E-state index contributed by atoms with van der Waals surface area (Å²) in [6.45, 7) is 0. The molecule has 2 aromatic heterocycles. The maximum absolute atomic E-state index is 12.4. The summed E-state index contributed by atoms with van der Waals surface area (Å²) in [4.78, 5) is 6.60. The zero-order chi connectivity index (χ0) is 15.7. The van der Waals surface area contributed by atoms with Crippen molar-refractivity contribution in [3.05, 3.63) is 47.9 Å². The van der Waals surface area contributed by atoms with Gasteiger partial charge in [0, 0.05) is 18.3 Å². The first-order valence-corrected chi connectivity index (χ1v) is 5.32. The van der Waals surface area contributed by atoms with E-state index in [-0.39, 0.29) is 5.75 Å². The van der Waals surface area contributed by atoms with Crippen LogP contribution in [0.15, 0.2) is 30.6 Å². The number of rotatable bonds is 2. The van der Waals surface area contributed by atoms with Crippen molar-refractivity contribution in [2.45, 2.75) is 12.4 Å². The van der Waals surface area contributed by atoms with Crippen LogP contribution in [0.25, 0.3) is 0 Å². The van der Waals surface area contributed by atoms with Crippen molar-refractivity contribution in [1.29, 1.82) is 0 Å². The van der Waals surface area contributed by atoms with Gasteiger partial charge in [-0.2, -0.15) is 26.3 Å². The predicted molar refractivity (Wildman–Crippen MR) is 57.4 cm³/mol. The molecular weight excluding hydrogens is 302 g/mol. The van der Waals surface area contributed by atoms with Gasteiger partial charge in [-0.25, -0.2) is 9.97 Å². The molecule has 1 radical (unpaired) electrons. The summed E-state index contributed by atoms with van der Waals surface area (Å²) in [5.41, 5.74) is -2.24. The van der Waals surface area contributed by atoms with Crippen LogP contribution in [0, 0.1) is 6.07 Å². The van der Waals surface area contributed by atoms with Crippen molar-refractivity contribution < 1.29 is 31.1 Å². The molecular formula is C12H5F6N2O. The second-order valence-corrected chi connectivity index (χ2v) is 3.78. The SMILES string of the molecule is FC(F)(F)c1[c]cnc(Oc2ccc(C(F)(F)F)nc2)c1. The number of ether oxygens (including phenoxy) is 1. The molecule has 0 bridgehead atoms. The van der Waals surface area contributed by atoms with Crippen molar-refractivity contribution >= 4 is 0 Å². The Balaban J connectivity index is 2.19. The Kier molecular flexibility index (Phi) is 3.75. The summed E-state index contributed by atoms with van der Waals surface area (Å²) in [5.74, 6) is -0.600. The Morgan fingerprint density at radius 2 is 1.67 bits per heavy atom. The van der Waals surface area contributed by atoms with Gasteiger partial charge in [-0.15, -0.1) is 0 Å². The van der Waals surface area contributed by atoms with Crippen LogP contribution in [-0.2, 0) is 12.4 Å². The van der Waals surface area contributed by atoms with E-state index in [1.54, 1.807) is 0 Å². The fraction of sp³-hybridized carbons (Fsp3) is 0.167. The molecule has 0 atom stereocenters. The third-order valence-corrected chi connectivity index (χ3v) is 2.23. The van der Waals surface area contributed by atoms with Gasteiger partial charge in [0.2, 0.25) is 5.88 Å².